The molecule has 5 heteroatoms. The molecule has 0 radical (unpaired) electrons. The molecule has 1 atom stereocenters. The van der Waals surface area contributed by atoms with E-state index in [4.69, 9.17) is 9.47 Å². The highest BCUT2D eigenvalue weighted by molar-refractivity contribution is 5.67. The van der Waals surface area contributed by atoms with Crippen LogP contribution in [0.2, 0.25) is 0 Å². The monoisotopic (exact) mass is 452 g/mol. The summed E-state index contributed by atoms with van der Waals surface area (Å²) in [6.45, 7) is 0. The summed E-state index contributed by atoms with van der Waals surface area (Å²) < 4.78 is 54.3. The lowest BCUT2D eigenvalue weighted by Crippen LogP contribution is -2.14. The zero-order valence-corrected chi connectivity index (χ0v) is 18.8. The van der Waals surface area contributed by atoms with Gasteiger partial charge in [-0.15, -0.1) is 0 Å². The predicted octanol–water partition coefficient (Wildman–Crippen LogP) is 7.15. The molecule has 0 spiro atoms. The number of benzene rings is 3. The molecule has 0 heterocycles. The maximum Gasteiger partial charge on any atom is 0.166 e. The van der Waals surface area contributed by atoms with Crippen LogP contribution >= 0.6 is 0 Å². The van der Waals surface area contributed by atoms with E-state index < -0.39 is 11.6 Å². The highest BCUT2D eigenvalue weighted by Gasteiger charge is 2.20. The molecule has 0 fully saturated rings. The summed E-state index contributed by atoms with van der Waals surface area (Å²) in [5.41, 5.74) is 3.74. The molecular formula is C28H27F3O2. The van der Waals surface area contributed by atoms with Gasteiger partial charge in [-0.2, -0.15) is 0 Å². The van der Waals surface area contributed by atoms with E-state index in [1.54, 1.807) is 31.4 Å². The van der Waals surface area contributed by atoms with Crippen LogP contribution in [0.25, 0.3) is 16.7 Å². The van der Waals surface area contributed by atoms with Crippen LogP contribution in [0, 0.1) is 17.5 Å². The van der Waals surface area contributed by atoms with Crippen molar-refractivity contribution in [1.82, 2.24) is 0 Å². The number of allylic oxidation sites excluding steroid dienone is 1. The molecule has 0 N–H and O–H groups in total. The largest absolute Gasteiger partial charge is 0.497 e. The Bertz CT molecular complexity index is 1150. The lowest BCUT2D eigenvalue weighted by molar-refractivity contribution is 0.0964. The second kappa shape index (κ2) is 10.3. The minimum atomic E-state index is -0.779. The van der Waals surface area contributed by atoms with E-state index >= 15 is 0 Å². The maximum atomic E-state index is 14.8. The first-order chi connectivity index (χ1) is 16.0. The Morgan fingerprint density at radius 2 is 1.61 bits per heavy atom. The zero-order chi connectivity index (χ0) is 23.4. The topological polar surface area (TPSA) is 18.5 Å². The van der Waals surface area contributed by atoms with Crippen molar-refractivity contribution < 1.29 is 22.6 Å². The van der Waals surface area contributed by atoms with Crippen LogP contribution in [0.15, 0.2) is 60.7 Å². The Hall–Kier alpha value is -3.05. The van der Waals surface area contributed by atoms with Crippen molar-refractivity contribution >= 4 is 5.57 Å². The molecule has 0 aliphatic heterocycles. The second-order valence-electron chi connectivity index (χ2n) is 8.30. The Labute approximate surface area is 192 Å². The summed E-state index contributed by atoms with van der Waals surface area (Å²) >= 11 is 0. The summed E-state index contributed by atoms with van der Waals surface area (Å²) in [5, 5.41) is 0. The number of hydrogen-bond acceptors (Lipinski definition) is 2. The minimum Gasteiger partial charge on any atom is -0.497 e. The van der Waals surface area contributed by atoms with Gasteiger partial charge in [-0.3, -0.25) is 0 Å². The first-order valence-corrected chi connectivity index (χ1v) is 11.1. The molecule has 1 unspecified atom stereocenters. The van der Waals surface area contributed by atoms with E-state index in [0.717, 1.165) is 23.1 Å². The van der Waals surface area contributed by atoms with Crippen LogP contribution < -0.4 is 4.74 Å². The van der Waals surface area contributed by atoms with Gasteiger partial charge in [-0.05, 0) is 66.5 Å². The van der Waals surface area contributed by atoms with Gasteiger partial charge in [-0.25, -0.2) is 13.2 Å². The highest BCUT2D eigenvalue weighted by atomic mass is 19.2. The molecule has 0 saturated carbocycles. The molecule has 0 bridgehead atoms. The van der Waals surface area contributed by atoms with Gasteiger partial charge in [0, 0.05) is 24.3 Å². The lowest BCUT2D eigenvalue weighted by Gasteiger charge is -2.21. The lowest BCUT2D eigenvalue weighted by atomic mass is 9.90. The van der Waals surface area contributed by atoms with Crippen molar-refractivity contribution in [2.24, 2.45) is 0 Å². The van der Waals surface area contributed by atoms with Gasteiger partial charge in [0.25, 0.3) is 0 Å². The molecule has 3 aromatic carbocycles. The van der Waals surface area contributed by atoms with Crippen molar-refractivity contribution in [2.45, 2.75) is 38.2 Å². The van der Waals surface area contributed by atoms with E-state index in [0.29, 0.717) is 48.1 Å². The van der Waals surface area contributed by atoms with Crippen molar-refractivity contribution in [2.75, 3.05) is 14.2 Å². The highest BCUT2D eigenvalue weighted by Crippen LogP contribution is 2.32. The van der Waals surface area contributed by atoms with Crippen molar-refractivity contribution in [1.29, 1.82) is 0 Å². The summed E-state index contributed by atoms with van der Waals surface area (Å²) in [6, 6.07) is 15.6. The number of rotatable bonds is 7. The van der Waals surface area contributed by atoms with Crippen LogP contribution in [0.5, 0.6) is 5.75 Å². The summed E-state index contributed by atoms with van der Waals surface area (Å²) in [6.07, 6.45) is 5.22. The molecule has 33 heavy (non-hydrogen) atoms. The fraction of sp³-hybridized carbons (Fsp3) is 0.286. The standard InChI is InChI=1S/C28H27F3O2/c1-32-22-12-9-20(10-13-22)25-15-11-21(27(30)28(25)31)8-5-18-3-6-19(7-4-18)24-16-14-23(33-2)17-26(24)29/h3-4,6-7,9,11,14-17,22H,5,8,10,12-13H2,1-2H3. The van der Waals surface area contributed by atoms with Gasteiger partial charge in [0.1, 0.15) is 11.6 Å². The average Bonchev–Trinajstić information content (AvgIpc) is 2.85. The SMILES string of the molecule is COc1ccc(-c2ccc(CCc3ccc(C4=CCC(OC)CC4)c(F)c3F)cc2)c(F)c1. The van der Waals surface area contributed by atoms with Gasteiger partial charge < -0.3 is 9.47 Å². The number of halogens is 3. The molecule has 2 nitrogen and oxygen atoms in total. The summed E-state index contributed by atoms with van der Waals surface area (Å²) in [5.74, 6) is -1.45. The third-order valence-electron chi connectivity index (χ3n) is 6.33. The van der Waals surface area contributed by atoms with Gasteiger partial charge in [-0.1, -0.05) is 42.5 Å². The Balaban J connectivity index is 1.44. The minimum absolute atomic E-state index is 0.147. The van der Waals surface area contributed by atoms with E-state index in [2.05, 4.69) is 0 Å². The molecule has 3 aromatic rings. The summed E-state index contributed by atoms with van der Waals surface area (Å²) in [4.78, 5) is 0. The van der Waals surface area contributed by atoms with Gasteiger partial charge in [0.2, 0.25) is 0 Å². The van der Waals surface area contributed by atoms with Crippen LogP contribution in [-0.2, 0) is 17.6 Å². The van der Waals surface area contributed by atoms with Crippen LogP contribution in [0.1, 0.15) is 36.0 Å². The predicted molar refractivity (Wildman–Crippen MR) is 125 cm³/mol. The molecule has 0 aromatic heterocycles. The molecule has 172 valence electrons. The molecule has 1 aliphatic rings. The smallest absolute Gasteiger partial charge is 0.166 e. The average molecular weight is 453 g/mol. The molecule has 4 rings (SSSR count). The first kappa shape index (κ1) is 23.1. The molecule has 1 aliphatic carbocycles. The first-order valence-electron chi connectivity index (χ1n) is 11.1. The van der Waals surface area contributed by atoms with Crippen molar-refractivity contribution in [3.8, 4) is 16.9 Å². The number of hydrogen-bond donors (Lipinski definition) is 0. The van der Waals surface area contributed by atoms with E-state index in [1.807, 2.05) is 30.3 Å². The second-order valence-corrected chi connectivity index (χ2v) is 8.30. The Morgan fingerprint density at radius 1 is 0.848 bits per heavy atom. The molecule has 0 saturated heterocycles. The zero-order valence-electron chi connectivity index (χ0n) is 18.8. The van der Waals surface area contributed by atoms with Crippen LogP contribution in [0.3, 0.4) is 0 Å². The van der Waals surface area contributed by atoms with E-state index in [-0.39, 0.29) is 11.9 Å². The van der Waals surface area contributed by atoms with Crippen molar-refractivity contribution in [3.05, 3.63) is 94.8 Å². The summed E-state index contributed by atoms with van der Waals surface area (Å²) in [7, 11) is 3.17. The van der Waals surface area contributed by atoms with Crippen molar-refractivity contribution in [3.63, 3.8) is 0 Å². The number of ether oxygens (including phenoxy) is 2. The fourth-order valence-corrected chi connectivity index (χ4v) is 4.29. The quantitative estimate of drug-likeness (QED) is 0.379. The maximum absolute atomic E-state index is 14.8. The number of aryl methyl sites for hydroxylation is 2. The number of methoxy groups -OCH3 is 2. The van der Waals surface area contributed by atoms with Gasteiger partial charge in [0.05, 0.1) is 13.2 Å². The third kappa shape index (κ3) is 5.14. The van der Waals surface area contributed by atoms with E-state index in [1.165, 1.54) is 13.2 Å². The van der Waals surface area contributed by atoms with Crippen LogP contribution in [0.4, 0.5) is 13.2 Å². The van der Waals surface area contributed by atoms with Gasteiger partial charge in [0.15, 0.2) is 11.6 Å². The van der Waals surface area contributed by atoms with Crippen LogP contribution in [-0.4, -0.2) is 20.3 Å². The molecule has 0 amide bonds. The normalized spacial score (nSPS) is 15.9. The van der Waals surface area contributed by atoms with Gasteiger partial charge >= 0.3 is 0 Å². The molecular weight excluding hydrogens is 425 g/mol. The third-order valence-corrected chi connectivity index (χ3v) is 6.33. The Morgan fingerprint density at radius 3 is 2.24 bits per heavy atom. The fourth-order valence-electron chi connectivity index (χ4n) is 4.29. The van der Waals surface area contributed by atoms with E-state index in [9.17, 15) is 13.2 Å². The Kier molecular flexibility index (Phi) is 7.19.